The third-order valence-corrected chi connectivity index (χ3v) is 6.54. The molecule has 4 heterocycles. The largest absolute Gasteiger partial charge is 0.303 e. The molecular weight excluding hydrogens is 364 g/mol. The molecule has 0 radical (unpaired) electrons. The van der Waals surface area contributed by atoms with E-state index in [9.17, 15) is 4.79 Å². The van der Waals surface area contributed by atoms with Crippen molar-refractivity contribution < 1.29 is 0 Å². The van der Waals surface area contributed by atoms with Gasteiger partial charge in [0.25, 0.3) is 5.56 Å². The number of para-hydroxylation sites is 1. The maximum Gasteiger partial charge on any atom is 0.256 e. The monoisotopic (exact) mass is 392 g/mol. The van der Waals surface area contributed by atoms with E-state index in [2.05, 4.69) is 26.0 Å². The van der Waals surface area contributed by atoms with E-state index in [4.69, 9.17) is 4.98 Å². The van der Waals surface area contributed by atoms with E-state index in [0.29, 0.717) is 6.04 Å². The van der Waals surface area contributed by atoms with Crippen molar-refractivity contribution in [3.63, 3.8) is 0 Å². The van der Waals surface area contributed by atoms with Crippen LogP contribution in [-0.2, 0) is 19.4 Å². The fraction of sp³-hybridized carbons (Fsp3) is 0.545. The van der Waals surface area contributed by atoms with Gasteiger partial charge >= 0.3 is 0 Å². The molecular formula is C22H28N6O. The van der Waals surface area contributed by atoms with Crippen LogP contribution in [0.15, 0.2) is 29.1 Å². The molecule has 0 saturated carbocycles. The maximum atomic E-state index is 12.9. The van der Waals surface area contributed by atoms with E-state index in [1.807, 2.05) is 29.7 Å². The second-order valence-corrected chi connectivity index (χ2v) is 8.35. The summed E-state index contributed by atoms with van der Waals surface area (Å²) in [6, 6.07) is 8.56. The van der Waals surface area contributed by atoms with E-state index in [0.717, 1.165) is 92.8 Å². The van der Waals surface area contributed by atoms with Crippen LogP contribution in [0.3, 0.4) is 0 Å². The number of aryl methyl sites for hydroxylation is 2. The lowest BCUT2D eigenvalue weighted by Crippen LogP contribution is -2.38. The van der Waals surface area contributed by atoms with Crippen LogP contribution in [-0.4, -0.2) is 49.1 Å². The maximum absolute atomic E-state index is 12.9. The van der Waals surface area contributed by atoms with Gasteiger partial charge in [-0.1, -0.05) is 17.3 Å². The molecule has 0 bridgehead atoms. The van der Waals surface area contributed by atoms with Gasteiger partial charge in [0.15, 0.2) is 0 Å². The van der Waals surface area contributed by atoms with Gasteiger partial charge in [0.05, 0.1) is 11.6 Å². The molecule has 7 heteroatoms. The number of aromatic nitrogens is 5. The predicted molar refractivity (Wildman–Crippen MR) is 112 cm³/mol. The minimum atomic E-state index is 0.191. The van der Waals surface area contributed by atoms with E-state index in [1.165, 1.54) is 0 Å². The first-order valence-corrected chi connectivity index (χ1v) is 10.8. The first-order valence-electron chi connectivity index (χ1n) is 10.8. The molecule has 29 heavy (non-hydrogen) atoms. The molecule has 5 rings (SSSR count). The number of piperidine rings is 1. The van der Waals surface area contributed by atoms with Crippen LogP contribution in [0.2, 0.25) is 0 Å². The number of hydrogen-bond donors (Lipinski definition) is 0. The van der Waals surface area contributed by atoms with Gasteiger partial charge < -0.3 is 4.90 Å². The minimum absolute atomic E-state index is 0.191. The molecule has 2 aliphatic heterocycles. The van der Waals surface area contributed by atoms with Gasteiger partial charge in [-0.15, -0.1) is 5.10 Å². The second kappa shape index (κ2) is 7.71. The van der Waals surface area contributed by atoms with Gasteiger partial charge in [0, 0.05) is 43.9 Å². The Labute approximate surface area is 170 Å². The molecule has 7 nitrogen and oxygen atoms in total. The Morgan fingerprint density at radius 2 is 1.93 bits per heavy atom. The number of likely N-dealkylation sites (tertiary alicyclic amines) is 1. The van der Waals surface area contributed by atoms with Crippen LogP contribution in [0, 0.1) is 6.92 Å². The summed E-state index contributed by atoms with van der Waals surface area (Å²) in [5.74, 6) is 0.975. The smallest absolute Gasteiger partial charge is 0.256 e. The van der Waals surface area contributed by atoms with Crippen molar-refractivity contribution in [3.05, 3.63) is 51.7 Å². The van der Waals surface area contributed by atoms with Crippen molar-refractivity contribution in [2.45, 2.75) is 58.0 Å². The van der Waals surface area contributed by atoms with E-state index >= 15 is 0 Å². The highest BCUT2D eigenvalue weighted by Gasteiger charge is 2.23. The number of rotatable bonds is 4. The van der Waals surface area contributed by atoms with E-state index in [-0.39, 0.29) is 5.56 Å². The standard InChI is InChI=1S/C22H28N6O/c1-16-18(22(29)27-12-5-4-8-21(27)23-16)11-15-26-13-9-17(10-14-26)28-20-7-3-2-6-19(20)24-25-28/h2-3,6-7,17H,4-5,8-15H2,1H3. The summed E-state index contributed by atoms with van der Waals surface area (Å²) in [7, 11) is 0. The lowest BCUT2D eigenvalue weighted by atomic mass is 10.0. The van der Waals surface area contributed by atoms with Gasteiger partial charge in [-0.25, -0.2) is 9.67 Å². The zero-order valence-corrected chi connectivity index (χ0v) is 17.0. The Morgan fingerprint density at radius 3 is 2.79 bits per heavy atom. The van der Waals surface area contributed by atoms with Crippen molar-refractivity contribution in [1.29, 1.82) is 0 Å². The second-order valence-electron chi connectivity index (χ2n) is 8.35. The van der Waals surface area contributed by atoms with Crippen molar-refractivity contribution in [2.24, 2.45) is 0 Å². The Balaban J connectivity index is 1.23. The number of nitrogens with zero attached hydrogens (tertiary/aromatic N) is 6. The summed E-state index contributed by atoms with van der Waals surface area (Å²) in [5, 5.41) is 8.70. The van der Waals surface area contributed by atoms with Crippen LogP contribution in [0.25, 0.3) is 11.0 Å². The van der Waals surface area contributed by atoms with Crippen molar-refractivity contribution in [1.82, 2.24) is 29.4 Å². The first-order chi connectivity index (χ1) is 14.2. The Hall–Kier alpha value is -2.54. The van der Waals surface area contributed by atoms with Gasteiger partial charge in [0.1, 0.15) is 11.3 Å². The first kappa shape index (κ1) is 18.5. The Kier molecular flexibility index (Phi) is 4.91. The molecule has 152 valence electrons. The summed E-state index contributed by atoms with van der Waals surface area (Å²) < 4.78 is 4.00. The lowest BCUT2D eigenvalue weighted by molar-refractivity contribution is 0.182. The highest BCUT2D eigenvalue weighted by molar-refractivity contribution is 5.73. The lowest BCUT2D eigenvalue weighted by Gasteiger charge is -2.32. The SMILES string of the molecule is Cc1nc2n(c(=O)c1CCN1CCC(n3nnc4ccccc43)CC1)CCCC2. The fourth-order valence-corrected chi connectivity index (χ4v) is 4.83. The molecule has 1 fully saturated rings. The fourth-order valence-electron chi connectivity index (χ4n) is 4.83. The third-order valence-electron chi connectivity index (χ3n) is 6.54. The topological polar surface area (TPSA) is 68.8 Å². The van der Waals surface area contributed by atoms with Crippen LogP contribution < -0.4 is 5.56 Å². The number of fused-ring (bicyclic) bond motifs is 2. The molecule has 2 aromatic heterocycles. The average molecular weight is 393 g/mol. The molecule has 0 aliphatic carbocycles. The minimum Gasteiger partial charge on any atom is -0.303 e. The van der Waals surface area contributed by atoms with Crippen LogP contribution in [0.4, 0.5) is 0 Å². The highest BCUT2D eigenvalue weighted by Crippen LogP contribution is 2.25. The molecule has 0 atom stereocenters. The molecule has 1 aromatic carbocycles. The molecule has 0 spiro atoms. The molecule has 0 unspecified atom stereocenters. The quantitative estimate of drug-likeness (QED) is 0.682. The molecule has 3 aromatic rings. The van der Waals surface area contributed by atoms with Crippen LogP contribution in [0.1, 0.15) is 48.8 Å². The van der Waals surface area contributed by atoms with Gasteiger partial charge in [0.2, 0.25) is 0 Å². The van der Waals surface area contributed by atoms with Crippen molar-refractivity contribution >= 4 is 11.0 Å². The van der Waals surface area contributed by atoms with Crippen LogP contribution >= 0.6 is 0 Å². The zero-order valence-electron chi connectivity index (χ0n) is 17.0. The van der Waals surface area contributed by atoms with Gasteiger partial charge in [-0.2, -0.15) is 0 Å². The molecule has 2 aliphatic rings. The van der Waals surface area contributed by atoms with E-state index < -0.39 is 0 Å². The number of benzene rings is 1. The molecule has 0 N–H and O–H groups in total. The van der Waals surface area contributed by atoms with Gasteiger partial charge in [-0.05, 0) is 51.2 Å². The highest BCUT2D eigenvalue weighted by atomic mass is 16.1. The van der Waals surface area contributed by atoms with Crippen molar-refractivity contribution in [2.75, 3.05) is 19.6 Å². The predicted octanol–water partition coefficient (Wildman–Crippen LogP) is 2.51. The van der Waals surface area contributed by atoms with Crippen LogP contribution in [0.5, 0.6) is 0 Å². The summed E-state index contributed by atoms with van der Waals surface area (Å²) in [6.45, 7) is 5.79. The van der Waals surface area contributed by atoms with Crippen molar-refractivity contribution in [3.8, 4) is 0 Å². The zero-order chi connectivity index (χ0) is 19.8. The summed E-state index contributed by atoms with van der Waals surface area (Å²) in [5.41, 5.74) is 4.10. The Morgan fingerprint density at radius 1 is 1.10 bits per heavy atom. The molecule has 0 amide bonds. The summed E-state index contributed by atoms with van der Waals surface area (Å²) in [4.78, 5) is 20.1. The molecule has 1 saturated heterocycles. The summed E-state index contributed by atoms with van der Waals surface area (Å²) >= 11 is 0. The number of hydrogen-bond acceptors (Lipinski definition) is 5. The summed E-state index contributed by atoms with van der Waals surface area (Å²) in [6.07, 6.45) is 6.07. The van der Waals surface area contributed by atoms with E-state index in [1.54, 1.807) is 0 Å². The Bertz CT molecular complexity index is 1080. The van der Waals surface area contributed by atoms with Gasteiger partial charge in [-0.3, -0.25) is 9.36 Å². The average Bonchev–Trinajstić information content (AvgIpc) is 3.18. The normalized spacial score (nSPS) is 18.2. The third kappa shape index (κ3) is 3.48.